The number of hydrogen-bond donors (Lipinski definition) is 2. The fourth-order valence-corrected chi connectivity index (χ4v) is 2.63. The highest BCUT2D eigenvalue weighted by atomic mass is 16.6. The number of carbonyl (C=O) groups excluding carboxylic acids is 2. The third-order valence-electron chi connectivity index (χ3n) is 4.31. The molecule has 2 rings (SSSR count). The van der Waals surface area contributed by atoms with E-state index in [2.05, 4.69) is 5.32 Å². The monoisotopic (exact) mass is 349 g/mol. The lowest BCUT2D eigenvalue weighted by Gasteiger charge is -2.20. The molecule has 1 heterocycles. The van der Waals surface area contributed by atoms with Gasteiger partial charge in [0.1, 0.15) is 0 Å². The Balaban J connectivity index is 1.80. The number of likely N-dealkylation sites (tertiary alicyclic amines) is 1. The molecule has 25 heavy (non-hydrogen) atoms. The number of aliphatic carboxylic acids is 1. The summed E-state index contributed by atoms with van der Waals surface area (Å²) < 4.78 is 0. The zero-order valence-electron chi connectivity index (χ0n) is 13.7. The van der Waals surface area contributed by atoms with Crippen molar-refractivity contribution in [1.82, 2.24) is 10.2 Å². The Hall–Kier alpha value is -2.97. The fourth-order valence-electron chi connectivity index (χ4n) is 2.63. The van der Waals surface area contributed by atoms with Gasteiger partial charge in [0, 0.05) is 43.8 Å². The molecule has 1 unspecified atom stereocenters. The first-order chi connectivity index (χ1) is 11.7. The van der Waals surface area contributed by atoms with E-state index in [4.69, 9.17) is 5.11 Å². The van der Waals surface area contributed by atoms with Crippen molar-refractivity contribution in [3.8, 4) is 0 Å². The minimum Gasteiger partial charge on any atom is -0.481 e. The number of carboxylic acid groups (broad SMARTS) is 1. The number of benzene rings is 1. The number of amides is 2. The smallest absolute Gasteiger partial charge is 0.311 e. The lowest BCUT2D eigenvalue weighted by Crippen LogP contribution is -2.36. The molecule has 0 bridgehead atoms. The summed E-state index contributed by atoms with van der Waals surface area (Å²) >= 11 is 0. The topological polar surface area (TPSA) is 130 Å². The Morgan fingerprint density at radius 3 is 2.48 bits per heavy atom. The highest BCUT2D eigenvalue weighted by Gasteiger charge is 2.41. The van der Waals surface area contributed by atoms with Crippen molar-refractivity contribution in [3.63, 3.8) is 0 Å². The molecule has 0 spiro atoms. The van der Waals surface area contributed by atoms with Crippen LogP contribution in [-0.2, 0) is 9.59 Å². The minimum atomic E-state index is -0.922. The van der Waals surface area contributed by atoms with Crippen LogP contribution in [0.25, 0.3) is 0 Å². The SMILES string of the molecule is CC1(C(=O)O)CCN(C(=O)CCNC(=O)c2ccc([N+](=O)[O-])cc2)C1. The predicted molar refractivity (Wildman–Crippen MR) is 87.0 cm³/mol. The standard InChI is InChI=1S/C16H19N3O6/c1-16(15(22)23)7-9-18(10-16)13(20)6-8-17-14(21)11-2-4-12(5-3-11)19(24)25/h2-5H,6-10H2,1H3,(H,17,21)(H,22,23). The molecule has 1 aromatic carbocycles. The molecule has 9 nitrogen and oxygen atoms in total. The quantitative estimate of drug-likeness (QED) is 0.583. The van der Waals surface area contributed by atoms with Gasteiger partial charge in [-0.3, -0.25) is 24.5 Å². The number of hydrogen-bond acceptors (Lipinski definition) is 5. The van der Waals surface area contributed by atoms with Crippen LogP contribution in [0.4, 0.5) is 5.69 Å². The summed E-state index contributed by atoms with van der Waals surface area (Å²) in [5.74, 6) is -1.57. The van der Waals surface area contributed by atoms with Gasteiger partial charge in [0.25, 0.3) is 11.6 Å². The number of carboxylic acids is 1. The van der Waals surface area contributed by atoms with Crippen LogP contribution in [0.3, 0.4) is 0 Å². The summed E-state index contributed by atoms with van der Waals surface area (Å²) in [6.07, 6.45) is 0.470. The summed E-state index contributed by atoms with van der Waals surface area (Å²) in [6.45, 7) is 2.27. The first-order valence-electron chi connectivity index (χ1n) is 7.77. The molecule has 0 radical (unpaired) electrons. The molecular formula is C16H19N3O6. The van der Waals surface area contributed by atoms with Crippen molar-refractivity contribution in [2.45, 2.75) is 19.8 Å². The zero-order valence-corrected chi connectivity index (χ0v) is 13.7. The molecule has 0 aliphatic carbocycles. The highest BCUT2D eigenvalue weighted by molar-refractivity contribution is 5.94. The second-order valence-electron chi connectivity index (χ2n) is 6.24. The highest BCUT2D eigenvalue weighted by Crippen LogP contribution is 2.30. The lowest BCUT2D eigenvalue weighted by atomic mass is 9.90. The Labute approximate surface area is 143 Å². The molecule has 1 aliphatic heterocycles. The summed E-state index contributed by atoms with van der Waals surface area (Å²) in [5, 5.41) is 22.3. The average molecular weight is 349 g/mol. The molecule has 1 aliphatic rings. The molecule has 0 saturated carbocycles. The van der Waals surface area contributed by atoms with E-state index in [0.717, 1.165) is 0 Å². The third kappa shape index (κ3) is 4.31. The maximum absolute atomic E-state index is 12.1. The Morgan fingerprint density at radius 1 is 1.32 bits per heavy atom. The molecular weight excluding hydrogens is 330 g/mol. The maximum Gasteiger partial charge on any atom is 0.311 e. The Morgan fingerprint density at radius 2 is 1.96 bits per heavy atom. The van der Waals surface area contributed by atoms with Gasteiger partial charge in [-0.15, -0.1) is 0 Å². The third-order valence-corrected chi connectivity index (χ3v) is 4.31. The molecule has 9 heteroatoms. The Bertz CT molecular complexity index is 702. The van der Waals surface area contributed by atoms with Crippen LogP contribution in [0.1, 0.15) is 30.1 Å². The normalized spacial score (nSPS) is 19.5. The van der Waals surface area contributed by atoms with Crippen molar-refractivity contribution in [3.05, 3.63) is 39.9 Å². The van der Waals surface area contributed by atoms with Crippen molar-refractivity contribution in [2.75, 3.05) is 19.6 Å². The van der Waals surface area contributed by atoms with Gasteiger partial charge in [-0.1, -0.05) is 0 Å². The number of non-ortho nitro benzene ring substituents is 1. The van der Waals surface area contributed by atoms with Crippen LogP contribution in [0, 0.1) is 15.5 Å². The van der Waals surface area contributed by atoms with Gasteiger partial charge in [0.05, 0.1) is 10.3 Å². The second-order valence-corrected chi connectivity index (χ2v) is 6.24. The van der Waals surface area contributed by atoms with Crippen molar-refractivity contribution in [1.29, 1.82) is 0 Å². The molecule has 1 saturated heterocycles. The van der Waals surface area contributed by atoms with Crippen LogP contribution in [0.2, 0.25) is 0 Å². The van der Waals surface area contributed by atoms with E-state index < -0.39 is 22.2 Å². The molecule has 1 atom stereocenters. The van der Waals surface area contributed by atoms with E-state index in [0.29, 0.717) is 13.0 Å². The summed E-state index contributed by atoms with van der Waals surface area (Å²) in [5.41, 5.74) is -0.766. The maximum atomic E-state index is 12.1. The lowest BCUT2D eigenvalue weighted by molar-refractivity contribution is -0.384. The van der Waals surface area contributed by atoms with Crippen molar-refractivity contribution >= 4 is 23.5 Å². The number of nitrogens with zero attached hydrogens (tertiary/aromatic N) is 2. The number of carbonyl (C=O) groups is 3. The molecule has 1 aromatic rings. The summed E-state index contributed by atoms with van der Waals surface area (Å²) in [4.78, 5) is 46.7. The van der Waals surface area contributed by atoms with E-state index in [1.54, 1.807) is 6.92 Å². The Kier molecular flexibility index (Phi) is 5.35. The minimum absolute atomic E-state index is 0.0639. The number of nitro groups is 1. The van der Waals surface area contributed by atoms with Crippen LogP contribution in [-0.4, -0.2) is 52.3 Å². The first-order valence-corrected chi connectivity index (χ1v) is 7.77. The van der Waals surface area contributed by atoms with E-state index in [9.17, 15) is 24.5 Å². The first kappa shape index (κ1) is 18.4. The largest absolute Gasteiger partial charge is 0.481 e. The van der Waals surface area contributed by atoms with Crippen molar-refractivity contribution < 1.29 is 24.4 Å². The average Bonchev–Trinajstić information content (AvgIpc) is 2.98. The predicted octanol–water partition coefficient (Wildman–Crippen LogP) is 1.04. The van der Waals surface area contributed by atoms with Gasteiger partial charge in [-0.05, 0) is 25.5 Å². The zero-order chi connectivity index (χ0) is 18.6. The van der Waals surface area contributed by atoms with Crippen molar-refractivity contribution in [2.24, 2.45) is 5.41 Å². The summed E-state index contributed by atoms with van der Waals surface area (Å²) in [7, 11) is 0. The van der Waals surface area contributed by atoms with E-state index in [1.165, 1.54) is 29.2 Å². The van der Waals surface area contributed by atoms with Gasteiger partial charge in [0.2, 0.25) is 5.91 Å². The van der Waals surface area contributed by atoms with Crippen LogP contribution >= 0.6 is 0 Å². The second kappa shape index (κ2) is 7.29. The van der Waals surface area contributed by atoms with Gasteiger partial charge in [-0.2, -0.15) is 0 Å². The van der Waals surface area contributed by atoms with E-state index >= 15 is 0 Å². The van der Waals surface area contributed by atoms with Gasteiger partial charge in [0.15, 0.2) is 0 Å². The number of nitro benzene ring substituents is 1. The number of rotatable bonds is 6. The molecule has 1 fully saturated rings. The molecule has 2 amide bonds. The summed E-state index contributed by atoms with van der Waals surface area (Å²) in [6, 6.07) is 5.15. The van der Waals surface area contributed by atoms with E-state index in [1.807, 2.05) is 0 Å². The molecule has 0 aromatic heterocycles. The number of nitrogens with one attached hydrogen (secondary N) is 1. The van der Waals surface area contributed by atoms with Crippen LogP contribution < -0.4 is 5.32 Å². The fraction of sp³-hybridized carbons (Fsp3) is 0.438. The van der Waals surface area contributed by atoms with E-state index in [-0.39, 0.29) is 36.7 Å². The van der Waals surface area contributed by atoms with Crippen LogP contribution in [0.15, 0.2) is 24.3 Å². The molecule has 2 N–H and O–H groups in total. The molecule has 134 valence electrons. The van der Waals surface area contributed by atoms with Gasteiger partial charge < -0.3 is 15.3 Å². The van der Waals surface area contributed by atoms with Gasteiger partial charge in [-0.25, -0.2) is 0 Å². The van der Waals surface area contributed by atoms with Crippen LogP contribution in [0.5, 0.6) is 0 Å². The van der Waals surface area contributed by atoms with Gasteiger partial charge >= 0.3 is 5.97 Å².